The summed E-state index contributed by atoms with van der Waals surface area (Å²) in [5.74, 6) is 0. The molecule has 2 aromatic heterocycles. The van der Waals surface area contributed by atoms with Gasteiger partial charge >= 0.3 is 0 Å². The Morgan fingerprint density at radius 3 is 2.83 bits per heavy atom. The second-order valence-corrected chi connectivity index (χ2v) is 4.18. The van der Waals surface area contributed by atoms with Crippen LogP contribution in [-0.4, -0.2) is 23.6 Å². The van der Waals surface area contributed by atoms with E-state index >= 15 is 0 Å². The predicted molar refractivity (Wildman–Crippen MR) is 74.7 cm³/mol. The first-order chi connectivity index (χ1) is 8.79. The molecule has 0 saturated carbocycles. The molecule has 0 unspecified atom stereocenters. The van der Waals surface area contributed by atoms with Crippen LogP contribution in [-0.2, 0) is 6.54 Å². The van der Waals surface area contributed by atoms with Crippen LogP contribution in [0.1, 0.15) is 12.5 Å². The average molecular weight is 242 g/mol. The minimum absolute atomic E-state index is 0.825. The normalized spacial score (nSPS) is 10.1. The Hall–Kier alpha value is -2.10. The van der Waals surface area contributed by atoms with E-state index in [1.165, 1.54) is 5.56 Å². The van der Waals surface area contributed by atoms with Crippen LogP contribution in [0.4, 0.5) is 11.4 Å². The van der Waals surface area contributed by atoms with Gasteiger partial charge in [-0.15, -0.1) is 0 Å². The van der Waals surface area contributed by atoms with E-state index in [9.17, 15) is 0 Å². The van der Waals surface area contributed by atoms with Crippen molar-refractivity contribution in [3.63, 3.8) is 0 Å². The molecule has 0 aliphatic carbocycles. The van der Waals surface area contributed by atoms with Crippen molar-refractivity contribution in [1.82, 2.24) is 9.97 Å². The molecule has 0 bridgehead atoms. The molecule has 1 N–H and O–H groups in total. The van der Waals surface area contributed by atoms with E-state index in [4.69, 9.17) is 0 Å². The van der Waals surface area contributed by atoms with Gasteiger partial charge in [0.2, 0.25) is 0 Å². The smallest absolute Gasteiger partial charge is 0.0573 e. The van der Waals surface area contributed by atoms with Gasteiger partial charge in [0.05, 0.1) is 23.8 Å². The van der Waals surface area contributed by atoms with E-state index in [2.05, 4.69) is 46.3 Å². The van der Waals surface area contributed by atoms with Gasteiger partial charge in [-0.05, 0) is 24.6 Å². The van der Waals surface area contributed by atoms with Crippen molar-refractivity contribution >= 4 is 11.4 Å². The van der Waals surface area contributed by atoms with E-state index in [1.54, 1.807) is 6.20 Å². The molecule has 2 rings (SSSR count). The maximum Gasteiger partial charge on any atom is 0.0573 e. The van der Waals surface area contributed by atoms with Crippen molar-refractivity contribution in [2.75, 3.05) is 23.8 Å². The number of aromatic nitrogens is 2. The topological polar surface area (TPSA) is 41.1 Å². The summed E-state index contributed by atoms with van der Waals surface area (Å²) in [5, 5.41) is 3.27. The monoisotopic (exact) mass is 242 g/mol. The zero-order chi connectivity index (χ0) is 12.8. The van der Waals surface area contributed by atoms with Gasteiger partial charge in [0.15, 0.2) is 0 Å². The quantitative estimate of drug-likeness (QED) is 0.874. The number of pyridine rings is 2. The van der Waals surface area contributed by atoms with Crippen LogP contribution in [0.3, 0.4) is 0 Å². The van der Waals surface area contributed by atoms with Crippen LogP contribution in [0.15, 0.2) is 43.0 Å². The first kappa shape index (κ1) is 12.4. The van der Waals surface area contributed by atoms with Crippen LogP contribution in [0, 0.1) is 0 Å². The summed E-state index contributed by atoms with van der Waals surface area (Å²) in [6.07, 6.45) is 7.39. The van der Waals surface area contributed by atoms with E-state index in [0.29, 0.717) is 0 Å². The van der Waals surface area contributed by atoms with E-state index < -0.39 is 0 Å². The molecule has 0 amide bonds. The van der Waals surface area contributed by atoms with Gasteiger partial charge in [-0.25, -0.2) is 0 Å². The molecule has 0 fully saturated rings. The molecule has 0 aromatic carbocycles. The number of rotatable bonds is 5. The second-order valence-electron chi connectivity index (χ2n) is 4.18. The highest BCUT2D eigenvalue weighted by Gasteiger charge is 2.03. The molecule has 0 atom stereocenters. The van der Waals surface area contributed by atoms with Gasteiger partial charge in [-0.3, -0.25) is 9.97 Å². The molecule has 4 heteroatoms. The number of hydrogen-bond acceptors (Lipinski definition) is 4. The molecule has 0 aliphatic heterocycles. The summed E-state index contributed by atoms with van der Waals surface area (Å²) >= 11 is 0. The van der Waals surface area contributed by atoms with Crippen molar-refractivity contribution < 1.29 is 0 Å². The van der Waals surface area contributed by atoms with Crippen LogP contribution < -0.4 is 10.2 Å². The Kier molecular flexibility index (Phi) is 4.12. The predicted octanol–water partition coefficient (Wildman–Crippen LogP) is 2.54. The third-order valence-electron chi connectivity index (χ3n) is 2.69. The summed E-state index contributed by atoms with van der Waals surface area (Å²) in [7, 11) is 2.06. The fourth-order valence-electron chi connectivity index (χ4n) is 1.79. The molecule has 0 saturated heterocycles. The average Bonchev–Trinajstić information content (AvgIpc) is 2.40. The van der Waals surface area contributed by atoms with Gasteiger partial charge in [0.25, 0.3) is 0 Å². The third kappa shape index (κ3) is 3.20. The molecule has 2 aromatic rings. The number of anilines is 2. The van der Waals surface area contributed by atoms with Crippen molar-refractivity contribution in [3.8, 4) is 0 Å². The Morgan fingerprint density at radius 1 is 1.22 bits per heavy atom. The van der Waals surface area contributed by atoms with Crippen LogP contribution >= 0.6 is 0 Å². The molecule has 94 valence electrons. The van der Waals surface area contributed by atoms with E-state index in [-0.39, 0.29) is 0 Å². The highest BCUT2D eigenvalue weighted by molar-refractivity contribution is 5.55. The summed E-state index contributed by atoms with van der Waals surface area (Å²) in [6.45, 7) is 3.80. The molecule has 0 radical (unpaired) electrons. The van der Waals surface area contributed by atoms with Crippen LogP contribution in [0.5, 0.6) is 0 Å². The first-order valence-corrected chi connectivity index (χ1v) is 6.08. The molecule has 0 spiro atoms. The lowest BCUT2D eigenvalue weighted by Gasteiger charge is -2.19. The lowest BCUT2D eigenvalue weighted by atomic mass is 10.2. The van der Waals surface area contributed by atoms with Crippen LogP contribution in [0.25, 0.3) is 0 Å². The summed E-state index contributed by atoms with van der Waals surface area (Å²) in [6, 6.07) is 6.13. The highest BCUT2D eigenvalue weighted by atomic mass is 15.1. The van der Waals surface area contributed by atoms with Crippen molar-refractivity contribution in [1.29, 1.82) is 0 Å². The van der Waals surface area contributed by atoms with E-state index in [0.717, 1.165) is 24.5 Å². The Bertz CT molecular complexity index is 484. The van der Waals surface area contributed by atoms with Gasteiger partial charge in [-0.1, -0.05) is 6.07 Å². The summed E-state index contributed by atoms with van der Waals surface area (Å²) in [5.41, 5.74) is 3.33. The van der Waals surface area contributed by atoms with Crippen molar-refractivity contribution in [2.45, 2.75) is 13.5 Å². The number of nitrogens with one attached hydrogen (secondary N) is 1. The minimum atomic E-state index is 0.825. The molecule has 2 heterocycles. The Labute approximate surface area is 108 Å². The Balaban J connectivity index is 2.08. The number of nitrogens with zero attached hydrogens (tertiary/aromatic N) is 3. The fraction of sp³-hybridized carbons (Fsp3) is 0.286. The van der Waals surface area contributed by atoms with Gasteiger partial charge in [0, 0.05) is 32.5 Å². The maximum atomic E-state index is 4.25. The summed E-state index contributed by atoms with van der Waals surface area (Å²) in [4.78, 5) is 10.5. The first-order valence-electron chi connectivity index (χ1n) is 6.08. The van der Waals surface area contributed by atoms with Crippen molar-refractivity contribution in [3.05, 3.63) is 48.5 Å². The van der Waals surface area contributed by atoms with E-state index in [1.807, 2.05) is 24.7 Å². The second kappa shape index (κ2) is 6.00. The lowest BCUT2D eigenvalue weighted by Crippen LogP contribution is -2.16. The molecule has 18 heavy (non-hydrogen) atoms. The maximum absolute atomic E-state index is 4.25. The third-order valence-corrected chi connectivity index (χ3v) is 2.69. The summed E-state index contributed by atoms with van der Waals surface area (Å²) < 4.78 is 0. The van der Waals surface area contributed by atoms with Crippen LogP contribution in [0.2, 0.25) is 0 Å². The number of hydrogen-bond donors (Lipinski definition) is 1. The Morgan fingerprint density at radius 2 is 2.11 bits per heavy atom. The lowest BCUT2D eigenvalue weighted by molar-refractivity contribution is 0.910. The molecular formula is C14H18N4. The zero-order valence-electron chi connectivity index (χ0n) is 10.8. The SMILES string of the molecule is CCNc1cncc(N(C)Cc2cccnc2)c1. The molecule has 0 aliphatic rings. The molecular weight excluding hydrogens is 224 g/mol. The minimum Gasteiger partial charge on any atom is -0.384 e. The zero-order valence-corrected chi connectivity index (χ0v) is 10.8. The highest BCUT2D eigenvalue weighted by Crippen LogP contribution is 2.18. The molecule has 4 nitrogen and oxygen atoms in total. The largest absolute Gasteiger partial charge is 0.384 e. The fourth-order valence-corrected chi connectivity index (χ4v) is 1.79. The van der Waals surface area contributed by atoms with Gasteiger partial charge < -0.3 is 10.2 Å². The van der Waals surface area contributed by atoms with Gasteiger partial charge in [-0.2, -0.15) is 0 Å². The van der Waals surface area contributed by atoms with Crippen molar-refractivity contribution in [2.24, 2.45) is 0 Å². The van der Waals surface area contributed by atoms with Gasteiger partial charge in [0.1, 0.15) is 0 Å². The standard InChI is InChI=1S/C14H18N4/c1-3-17-13-7-14(10-16-9-13)18(2)11-12-5-4-6-15-8-12/h4-10,17H,3,11H2,1-2H3.